The highest BCUT2D eigenvalue weighted by Gasteiger charge is 2.24. The van der Waals surface area contributed by atoms with E-state index in [2.05, 4.69) is 39.5 Å². The summed E-state index contributed by atoms with van der Waals surface area (Å²) in [5.41, 5.74) is 2.79. The lowest BCUT2D eigenvalue weighted by atomic mass is 10.1. The lowest BCUT2D eigenvalue weighted by Gasteiger charge is -2.35. The number of amides is 1. The second-order valence-corrected chi connectivity index (χ2v) is 8.07. The Morgan fingerprint density at radius 2 is 1.59 bits per heavy atom. The van der Waals surface area contributed by atoms with Crippen molar-refractivity contribution in [2.24, 2.45) is 0 Å². The van der Waals surface area contributed by atoms with Gasteiger partial charge >= 0.3 is 0 Å². The fourth-order valence-corrected chi connectivity index (χ4v) is 3.85. The van der Waals surface area contributed by atoms with Gasteiger partial charge in [-0.25, -0.2) is 0 Å². The lowest BCUT2D eigenvalue weighted by Crippen LogP contribution is -2.49. The van der Waals surface area contributed by atoms with Gasteiger partial charge in [-0.1, -0.05) is 17.7 Å². The van der Waals surface area contributed by atoms with E-state index in [-0.39, 0.29) is 5.91 Å². The molecule has 1 aliphatic heterocycles. The number of piperazine rings is 1. The summed E-state index contributed by atoms with van der Waals surface area (Å²) < 4.78 is 11.3. The quantitative estimate of drug-likeness (QED) is 0.536. The Labute approximate surface area is 200 Å². The monoisotopic (exact) mass is 461 g/mol. The average molecular weight is 462 g/mol. The molecule has 1 fully saturated rings. The van der Waals surface area contributed by atoms with Crippen LogP contribution >= 0.6 is 0 Å². The smallest absolute Gasteiger partial charge is 0.254 e. The number of anilines is 3. The number of benzene rings is 2. The molecule has 2 aromatic carbocycles. The summed E-state index contributed by atoms with van der Waals surface area (Å²) in [7, 11) is 0. The molecule has 1 aromatic heterocycles. The summed E-state index contributed by atoms with van der Waals surface area (Å²) in [6.07, 6.45) is 0. The third-order valence-corrected chi connectivity index (χ3v) is 5.66. The number of hydrogen-bond acceptors (Lipinski definition) is 7. The molecule has 1 N–H and O–H groups in total. The van der Waals surface area contributed by atoms with E-state index in [4.69, 9.17) is 9.47 Å². The van der Waals surface area contributed by atoms with Crippen LogP contribution in [-0.4, -0.2) is 60.4 Å². The van der Waals surface area contributed by atoms with Crippen LogP contribution in [0.3, 0.4) is 0 Å². The van der Waals surface area contributed by atoms with Crippen LogP contribution < -0.4 is 19.7 Å². The number of carbonyl (C=O) groups excluding carboxylic acids is 1. The molecule has 34 heavy (non-hydrogen) atoms. The summed E-state index contributed by atoms with van der Waals surface area (Å²) >= 11 is 0. The second-order valence-electron chi connectivity index (χ2n) is 8.07. The molecule has 8 nitrogen and oxygen atoms in total. The van der Waals surface area contributed by atoms with Crippen LogP contribution in [0, 0.1) is 6.92 Å². The summed E-state index contributed by atoms with van der Waals surface area (Å²) in [6, 6.07) is 17.4. The van der Waals surface area contributed by atoms with Gasteiger partial charge in [-0.05, 0) is 63.2 Å². The van der Waals surface area contributed by atoms with Crippen molar-refractivity contribution in [3.8, 4) is 11.5 Å². The number of nitrogens with one attached hydrogen (secondary N) is 1. The standard InChI is InChI=1S/C26H31N5O3/c1-4-33-22-11-8-20(18-23(22)34-5-2)26(32)31-16-14-30(15-17-31)25-13-12-24(28-29-25)27-21-9-6-19(3)7-10-21/h6-13,18H,4-5,14-17H2,1-3H3,(H,27,28). The number of rotatable bonds is 8. The molecule has 0 aliphatic carbocycles. The third kappa shape index (κ3) is 5.57. The summed E-state index contributed by atoms with van der Waals surface area (Å²) in [4.78, 5) is 17.1. The molecule has 0 atom stereocenters. The van der Waals surface area contributed by atoms with Crippen LogP contribution in [0.15, 0.2) is 54.6 Å². The van der Waals surface area contributed by atoms with Crippen molar-refractivity contribution in [3.63, 3.8) is 0 Å². The van der Waals surface area contributed by atoms with Crippen LogP contribution in [0.5, 0.6) is 11.5 Å². The molecular weight excluding hydrogens is 430 g/mol. The maximum atomic E-state index is 13.1. The Balaban J connectivity index is 1.35. The van der Waals surface area contributed by atoms with Crippen LogP contribution in [0.1, 0.15) is 29.8 Å². The van der Waals surface area contributed by atoms with E-state index in [1.165, 1.54) is 5.56 Å². The zero-order chi connectivity index (χ0) is 23.9. The minimum atomic E-state index is -0.00705. The zero-order valence-electron chi connectivity index (χ0n) is 20.0. The molecule has 178 valence electrons. The highest BCUT2D eigenvalue weighted by molar-refractivity contribution is 5.95. The van der Waals surface area contributed by atoms with Crippen LogP contribution in [-0.2, 0) is 0 Å². The van der Waals surface area contributed by atoms with Crippen LogP contribution in [0.2, 0.25) is 0 Å². The highest BCUT2D eigenvalue weighted by Crippen LogP contribution is 2.29. The molecule has 1 amide bonds. The van der Waals surface area contributed by atoms with Gasteiger partial charge in [-0.2, -0.15) is 0 Å². The van der Waals surface area contributed by atoms with E-state index in [0.29, 0.717) is 62.3 Å². The third-order valence-electron chi connectivity index (χ3n) is 5.66. The highest BCUT2D eigenvalue weighted by atomic mass is 16.5. The van der Waals surface area contributed by atoms with Gasteiger partial charge in [0.25, 0.3) is 5.91 Å². The molecule has 3 aromatic rings. The number of hydrogen-bond donors (Lipinski definition) is 1. The number of nitrogens with zero attached hydrogens (tertiary/aromatic N) is 4. The number of aryl methyl sites for hydroxylation is 1. The minimum absolute atomic E-state index is 0.00705. The maximum Gasteiger partial charge on any atom is 0.254 e. The molecule has 2 heterocycles. The SMILES string of the molecule is CCOc1ccc(C(=O)N2CCN(c3ccc(Nc4ccc(C)cc4)nn3)CC2)cc1OCC. The van der Waals surface area contributed by atoms with Crippen LogP contribution in [0.4, 0.5) is 17.3 Å². The van der Waals surface area contributed by atoms with E-state index in [1.54, 1.807) is 18.2 Å². The van der Waals surface area contributed by atoms with E-state index in [9.17, 15) is 4.79 Å². The zero-order valence-corrected chi connectivity index (χ0v) is 20.0. The second kappa shape index (κ2) is 10.9. The lowest BCUT2D eigenvalue weighted by molar-refractivity contribution is 0.0746. The molecular formula is C26H31N5O3. The summed E-state index contributed by atoms with van der Waals surface area (Å²) in [5.74, 6) is 2.75. The van der Waals surface area contributed by atoms with E-state index < -0.39 is 0 Å². The Morgan fingerprint density at radius 1 is 0.882 bits per heavy atom. The molecule has 8 heteroatoms. The van der Waals surface area contributed by atoms with Gasteiger partial charge < -0.3 is 24.6 Å². The van der Waals surface area contributed by atoms with Crippen molar-refractivity contribution in [1.29, 1.82) is 0 Å². The normalized spacial score (nSPS) is 13.5. The van der Waals surface area contributed by atoms with Crippen molar-refractivity contribution >= 4 is 23.2 Å². The van der Waals surface area contributed by atoms with Gasteiger partial charge in [0.2, 0.25) is 0 Å². The van der Waals surface area contributed by atoms with Crippen molar-refractivity contribution in [1.82, 2.24) is 15.1 Å². The fraction of sp³-hybridized carbons (Fsp3) is 0.346. The molecule has 1 aliphatic rings. The first kappa shape index (κ1) is 23.4. The Hall–Kier alpha value is -3.81. The molecule has 0 unspecified atom stereocenters. The van der Waals surface area contributed by atoms with E-state index in [0.717, 1.165) is 11.5 Å². The fourth-order valence-electron chi connectivity index (χ4n) is 3.85. The van der Waals surface area contributed by atoms with Crippen molar-refractivity contribution in [2.75, 3.05) is 49.6 Å². The largest absolute Gasteiger partial charge is 0.490 e. The first-order valence-electron chi connectivity index (χ1n) is 11.7. The molecule has 4 rings (SSSR count). The van der Waals surface area contributed by atoms with Crippen molar-refractivity contribution in [3.05, 3.63) is 65.7 Å². The average Bonchev–Trinajstić information content (AvgIpc) is 2.87. The van der Waals surface area contributed by atoms with Crippen molar-refractivity contribution in [2.45, 2.75) is 20.8 Å². The Kier molecular flexibility index (Phi) is 7.47. The van der Waals surface area contributed by atoms with E-state index in [1.807, 2.05) is 43.0 Å². The summed E-state index contributed by atoms with van der Waals surface area (Å²) in [6.45, 7) is 9.56. The van der Waals surface area contributed by atoms with Gasteiger partial charge in [-0.3, -0.25) is 4.79 Å². The van der Waals surface area contributed by atoms with Gasteiger partial charge in [0, 0.05) is 37.4 Å². The van der Waals surface area contributed by atoms with Crippen LogP contribution in [0.25, 0.3) is 0 Å². The van der Waals surface area contributed by atoms with Gasteiger partial charge in [0.1, 0.15) is 0 Å². The van der Waals surface area contributed by atoms with Crippen molar-refractivity contribution < 1.29 is 14.3 Å². The molecule has 0 radical (unpaired) electrons. The first-order chi connectivity index (χ1) is 16.6. The summed E-state index contributed by atoms with van der Waals surface area (Å²) in [5, 5.41) is 12.0. The minimum Gasteiger partial charge on any atom is -0.490 e. The molecule has 0 bridgehead atoms. The van der Waals surface area contributed by atoms with E-state index >= 15 is 0 Å². The number of carbonyl (C=O) groups is 1. The molecule has 0 saturated carbocycles. The first-order valence-corrected chi connectivity index (χ1v) is 11.7. The van der Waals surface area contributed by atoms with Gasteiger partial charge in [-0.15, -0.1) is 10.2 Å². The predicted molar refractivity (Wildman–Crippen MR) is 133 cm³/mol. The number of ether oxygens (including phenoxy) is 2. The number of aromatic nitrogens is 2. The van der Waals surface area contributed by atoms with Gasteiger partial charge in [0.05, 0.1) is 13.2 Å². The Morgan fingerprint density at radius 3 is 2.24 bits per heavy atom. The maximum absolute atomic E-state index is 13.1. The van der Waals surface area contributed by atoms with Gasteiger partial charge in [0.15, 0.2) is 23.1 Å². The topological polar surface area (TPSA) is 79.8 Å². The Bertz CT molecular complexity index is 1090. The predicted octanol–water partition coefficient (Wildman–Crippen LogP) is 4.29. The molecule has 1 saturated heterocycles. The molecule has 0 spiro atoms.